The Hall–Kier alpha value is -0.120. The van der Waals surface area contributed by atoms with Gasteiger partial charge in [0, 0.05) is 31.7 Å². The lowest BCUT2D eigenvalue weighted by Crippen LogP contribution is -2.49. The minimum absolute atomic E-state index is 0.643. The molecule has 3 atom stereocenters. The predicted molar refractivity (Wildman–Crippen MR) is 75.9 cm³/mol. The van der Waals surface area contributed by atoms with Gasteiger partial charge in [-0.05, 0) is 25.2 Å². The lowest BCUT2D eigenvalue weighted by atomic mass is 9.86. The molecule has 1 aliphatic heterocycles. The Bertz CT molecular complexity index is 235. The van der Waals surface area contributed by atoms with E-state index in [0.29, 0.717) is 6.04 Å². The van der Waals surface area contributed by atoms with Crippen LogP contribution >= 0.6 is 0 Å². The third-order valence-electron chi connectivity index (χ3n) is 4.74. The van der Waals surface area contributed by atoms with E-state index in [2.05, 4.69) is 24.1 Å². The summed E-state index contributed by atoms with van der Waals surface area (Å²) in [5, 5.41) is 3.78. The number of hydrogen-bond donors (Lipinski definition) is 1. The molecule has 3 heteroatoms. The van der Waals surface area contributed by atoms with Gasteiger partial charge in [0.15, 0.2) is 0 Å². The van der Waals surface area contributed by atoms with Gasteiger partial charge in [0.1, 0.15) is 0 Å². The summed E-state index contributed by atoms with van der Waals surface area (Å²) in [7, 11) is 0. The second kappa shape index (κ2) is 7.46. The second-order valence-electron chi connectivity index (χ2n) is 6.00. The Kier molecular flexibility index (Phi) is 5.93. The first-order chi connectivity index (χ1) is 8.81. The van der Waals surface area contributed by atoms with Crippen molar-refractivity contribution in [2.45, 2.75) is 58.0 Å². The van der Waals surface area contributed by atoms with E-state index >= 15 is 0 Å². The molecule has 0 spiro atoms. The van der Waals surface area contributed by atoms with Crippen LogP contribution in [0.25, 0.3) is 0 Å². The zero-order valence-electron chi connectivity index (χ0n) is 12.2. The van der Waals surface area contributed by atoms with Crippen molar-refractivity contribution in [1.29, 1.82) is 0 Å². The summed E-state index contributed by atoms with van der Waals surface area (Å²) in [6, 6.07) is 1.41. The van der Waals surface area contributed by atoms with Crippen LogP contribution in [-0.4, -0.2) is 49.8 Å². The van der Waals surface area contributed by atoms with Crippen molar-refractivity contribution < 1.29 is 4.74 Å². The van der Waals surface area contributed by atoms with Gasteiger partial charge in [0.05, 0.1) is 13.2 Å². The molecular formula is C15H30N2O. The maximum absolute atomic E-state index is 5.55. The Morgan fingerprint density at radius 3 is 2.89 bits per heavy atom. The van der Waals surface area contributed by atoms with Crippen molar-refractivity contribution in [2.24, 2.45) is 5.92 Å². The highest BCUT2D eigenvalue weighted by atomic mass is 16.5. The largest absolute Gasteiger partial charge is 0.378 e. The number of hydrogen-bond acceptors (Lipinski definition) is 3. The summed E-state index contributed by atoms with van der Waals surface area (Å²) in [6.07, 6.45) is 6.84. The summed E-state index contributed by atoms with van der Waals surface area (Å²) in [6.45, 7) is 9.95. The molecule has 2 fully saturated rings. The number of nitrogens with zero attached hydrogens (tertiary/aromatic N) is 1. The van der Waals surface area contributed by atoms with Crippen molar-refractivity contribution in [2.75, 3.05) is 32.8 Å². The molecule has 3 nitrogen and oxygen atoms in total. The standard InChI is InChI=1S/C15H30N2O/c1-3-14-12-18-11-10-17(14)9-8-16-15-7-5-4-6-13(15)2/h13-16H,3-12H2,1-2H3. The average molecular weight is 254 g/mol. The first-order valence-electron chi connectivity index (χ1n) is 7.86. The number of rotatable bonds is 5. The zero-order valence-corrected chi connectivity index (χ0v) is 12.2. The number of nitrogens with one attached hydrogen (secondary N) is 1. The van der Waals surface area contributed by atoms with E-state index in [1.54, 1.807) is 0 Å². The lowest BCUT2D eigenvalue weighted by molar-refractivity contribution is -0.00839. The van der Waals surface area contributed by atoms with E-state index < -0.39 is 0 Å². The van der Waals surface area contributed by atoms with Crippen molar-refractivity contribution >= 4 is 0 Å². The number of morpholine rings is 1. The highest BCUT2D eigenvalue weighted by molar-refractivity contribution is 4.80. The van der Waals surface area contributed by atoms with Crippen LogP contribution in [0.2, 0.25) is 0 Å². The van der Waals surface area contributed by atoms with Crippen LogP contribution in [-0.2, 0) is 4.74 Å². The van der Waals surface area contributed by atoms with Crippen LogP contribution < -0.4 is 5.32 Å². The lowest BCUT2D eigenvalue weighted by Gasteiger charge is -2.36. The summed E-state index contributed by atoms with van der Waals surface area (Å²) < 4.78 is 5.55. The monoisotopic (exact) mass is 254 g/mol. The molecule has 1 N–H and O–H groups in total. The molecule has 0 bridgehead atoms. The third kappa shape index (κ3) is 3.94. The first-order valence-corrected chi connectivity index (χ1v) is 7.86. The fraction of sp³-hybridized carbons (Fsp3) is 1.00. The molecule has 18 heavy (non-hydrogen) atoms. The molecular weight excluding hydrogens is 224 g/mol. The van der Waals surface area contributed by atoms with Crippen LogP contribution in [0, 0.1) is 5.92 Å². The smallest absolute Gasteiger partial charge is 0.0622 e. The Labute approximate surface area is 112 Å². The highest BCUT2D eigenvalue weighted by Gasteiger charge is 2.23. The molecule has 1 saturated heterocycles. The maximum Gasteiger partial charge on any atom is 0.0622 e. The molecule has 0 amide bonds. The minimum Gasteiger partial charge on any atom is -0.378 e. The van der Waals surface area contributed by atoms with Gasteiger partial charge < -0.3 is 10.1 Å². The minimum atomic E-state index is 0.643. The van der Waals surface area contributed by atoms with Crippen LogP contribution in [0.1, 0.15) is 46.0 Å². The van der Waals surface area contributed by atoms with E-state index in [1.165, 1.54) is 38.6 Å². The quantitative estimate of drug-likeness (QED) is 0.814. The molecule has 1 heterocycles. The molecule has 3 unspecified atom stereocenters. The van der Waals surface area contributed by atoms with E-state index in [4.69, 9.17) is 4.74 Å². The summed E-state index contributed by atoms with van der Waals surface area (Å²) >= 11 is 0. The molecule has 2 rings (SSSR count). The summed E-state index contributed by atoms with van der Waals surface area (Å²) in [5.74, 6) is 0.866. The fourth-order valence-electron chi connectivity index (χ4n) is 3.37. The van der Waals surface area contributed by atoms with E-state index in [-0.39, 0.29) is 0 Å². The summed E-state index contributed by atoms with van der Waals surface area (Å²) in [5.41, 5.74) is 0. The van der Waals surface area contributed by atoms with Gasteiger partial charge in [-0.25, -0.2) is 0 Å². The van der Waals surface area contributed by atoms with Crippen LogP contribution in [0.3, 0.4) is 0 Å². The molecule has 106 valence electrons. The van der Waals surface area contributed by atoms with Crippen LogP contribution in [0.15, 0.2) is 0 Å². The van der Waals surface area contributed by atoms with E-state index in [9.17, 15) is 0 Å². The van der Waals surface area contributed by atoms with Gasteiger partial charge in [-0.3, -0.25) is 4.90 Å². The van der Waals surface area contributed by atoms with Crippen molar-refractivity contribution in [3.8, 4) is 0 Å². The van der Waals surface area contributed by atoms with Crippen molar-refractivity contribution in [3.63, 3.8) is 0 Å². The third-order valence-corrected chi connectivity index (χ3v) is 4.74. The Morgan fingerprint density at radius 2 is 2.11 bits per heavy atom. The second-order valence-corrected chi connectivity index (χ2v) is 6.00. The van der Waals surface area contributed by atoms with Crippen molar-refractivity contribution in [1.82, 2.24) is 10.2 Å². The molecule has 1 aliphatic carbocycles. The van der Waals surface area contributed by atoms with Gasteiger partial charge in [0.2, 0.25) is 0 Å². The first kappa shape index (κ1) is 14.3. The van der Waals surface area contributed by atoms with Gasteiger partial charge >= 0.3 is 0 Å². The molecule has 1 saturated carbocycles. The number of ether oxygens (including phenoxy) is 1. The molecule has 0 radical (unpaired) electrons. The topological polar surface area (TPSA) is 24.5 Å². The van der Waals surface area contributed by atoms with Crippen LogP contribution in [0.5, 0.6) is 0 Å². The Morgan fingerprint density at radius 1 is 1.28 bits per heavy atom. The van der Waals surface area contributed by atoms with E-state index in [1.807, 2.05) is 0 Å². The van der Waals surface area contributed by atoms with E-state index in [0.717, 1.165) is 38.3 Å². The average Bonchev–Trinajstić information content (AvgIpc) is 2.41. The van der Waals surface area contributed by atoms with Gasteiger partial charge in [-0.2, -0.15) is 0 Å². The van der Waals surface area contributed by atoms with Gasteiger partial charge in [-0.1, -0.05) is 26.7 Å². The maximum atomic E-state index is 5.55. The predicted octanol–water partition coefficient (Wildman–Crippen LogP) is 2.27. The molecule has 0 aromatic rings. The summed E-state index contributed by atoms with van der Waals surface area (Å²) in [4.78, 5) is 2.60. The molecule has 2 aliphatic rings. The molecule has 0 aromatic heterocycles. The van der Waals surface area contributed by atoms with Gasteiger partial charge in [0.25, 0.3) is 0 Å². The zero-order chi connectivity index (χ0) is 12.8. The van der Waals surface area contributed by atoms with Crippen molar-refractivity contribution in [3.05, 3.63) is 0 Å². The Balaban J connectivity index is 1.67. The SMILES string of the molecule is CCC1COCCN1CCNC1CCCCC1C. The molecule has 0 aromatic carbocycles. The van der Waals surface area contributed by atoms with Gasteiger partial charge in [-0.15, -0.1) is 0 Å². The highest BCUT2D eigenvalue weighted by Crippen LogP contribution is 2.23. The van der Waals surface area contributed by atoms with Crippen LogP contribution in [0.4, 0.5) is 0 Å². The normalized spacial score (nSPS) is 34.7. The fourth-order valence-corrected chi connectivity index (χ4v) is 3.37.